The summed E-state index contributed by atoms with van der Waals surface area (Å²) in [6.45, 7) is 2.27. The molecule has 7 heteroatoms. The Labute approximate surface area is 198 Å². The van der Waals surface area contributed by atoms with Crippen LogP contribution >= 0.6 is 0 Å². The zero-order chi connectivity index (χ0) is 21.5. The molecule has 0 saturated heterocycles. The van der Waals surface area contributed by atoms with Gasteiger partial charge >= 0.3 is 41.5 Å². The Bertz CT molecular complexity index is 408. The van der Waals surface area contributed by atoms with Gasteiger partial charge in [-0.25, -0.2) is 9.59 Å². The third-order valence-corrected chi connectivity index (χ3v) is 4.35. The normalized spacial score (nSPS) is 10.1. The van der Waals surface area contributed by atoms with Crippen molar-refractivity contribution in [3.05, 3.63) is 12.2 Å². The van der Waals surface area contributed by atoms with Crippen molar-refractivity contribution in [2.75, 3.05) is 0 Å². The summed E-state index contributed by atoms with van der Waals surface area (Å²) in [5.74, 6) is -3.42. The van der Waals surface area contributed by atoms with Crippen molar-refractivity contribution in [1.82, 2.24) is 0 Å². The standard InChI is InChI=1S/C18H36O2.C4H4O4.Na/c1-2-3-4-5-6-7-8-9-10-11-12-13-14-15-16-17-18(19)20;5-3(6)1-2-4(7)8;/h2-17H2,1H3,(H,19,20);1-2H,(H,5,6)(H,7,8);/q;;+1/p-1. The zero-order valence-corrected chi connectivity index (χ0v) is 20.5. The van der Waals surface area contributed by atoms with E-state index in [2.05, 4.69) is 6.92 Å². The predicted octanol–water partition coefficient (Wildman–Crippen LogP) is 1.71. The third-order valence-electron chi connectivity index (χ3n) is 4.35. The van der Waals surface area contributed by atoms with Crippen molar-refractivity contribution < 1.29 is 59.3 Å². The van der Waals surface area contributed by atoms with E-state index in [1.54, 1.807) is 0 Å². The molecule has 0 fully saturated rings. The Morgan fingerprint density at radius 3 is 1.14 bits per heavy atom. The van der Waals surface area contributed by atoms with Crippen LogP contribution in [0.4, 0.5) is 0 Å². The number of carbonyl (C=O) groups is 3. The Kier molecular flexibility index (Phi) is 30.7. The average Bonchev–Trinajstić information content (AvgIpc) is 2.63. The molecule has 0 radical (unpaired) electrons. The number of carboxylic acids is 3. The van der Waals surface area contributed by atoms with Crippen LogP contribution in [0.5, 0.6) is 0 Å². The molecule has 0 aromatic rings. The number of unbranched alkanes of at least 4 members (excludes halogenated alkanes) is 14. The number of carboxylic acid groups (broad SMARTS) is 3. The van der Waals surface area contributed by atoms with Gasteiger partial charge in [-0.3, -0.25) is 0 Å². The fraction of sp³-hybridized carbons (Fsp3) is 0.773. The van der Waals surface area contributed by atoms with E-state index < -0.39 is 17.9 Å². The maximum Gasteiger partial charge on any atom is 1.00 e. The summed E-state index contributed by atoms with van der Waals surface area (Å²) in [7, 11) is 0. The summed E-state index contributed by atoms with van der Waals surface area (Å²) in [5, 5.41) is 25.8. The molecule has 6 nitrogen and oxygen atoms in total. The van der Waals surface area contributed by atoms with E-state index in [-0.39, 0.29) is 36.0 Å². The van der Waals surface area contributed by atoms with Crippen molar-refractivity contribution in [2.24, 2.45) is 0 Å². The summed E-state index contributed by atoms with van der Waals surface area (Å²) in [6.07, 6.45) is 21.0. The minimum atomic E-state index is -1.26. The van der Waals surface area contributed by atoms with Crippen LogP contribution < -0.4 is 34.7 Å². The van der Waals surface area contributed by atoms with Gasteiger partial charge in [0.05, 0.1) is 0 Å². The van der Waals surface area contributed by atoms with Crippen LogP contribution in [0.1, 0.15) is 110 Å². The van der Waals surface area contributed by atoms with Crippen LogP contribution in [0.3, 0.4) is 0 Å². The van der Waals surface area contributed by atoms with Gasteiger partial charge in [0.25, 0.3) is 0 Å². The molecule has 29 heavy (non-hydrogen) atoms. The maximum absolute atomic E-state index is 10.2. The molecule has 0 unspecified atom stereocenters. The van der Waals surface area contributed by atoms with E-state index in [9.17, 15) is 19.5 Å². The van der Waals surface area contributed by atoms with E-state index >= 15 is 0 Å². The van der Waals surface area contributed by atoms with Gasteiger partial charge in [0.15, 0.2) is 0 Å². The van der Waals surface area contributed by atoms with Gasteiger partial charge in [-0.15, -0.1) is 0 Å². The number of rotatable bonds is 18. The molecule has 0 saturated carbocycles. The van der Waals surface area contributed by atoms with Crippen LogP contribution in [0.2, 0.25) is 0 Å². The van der Waals surface area contributed by atoms with Gasteiger partial charge in [-0.1, -0.05) is 96.8 Å². The summed E-state index contributed by atoms with van der Waals surface area (Å²) in [6, 6.07) is 0. The number of carbonyl (C=O) groups excluding carboxylic acids is 1. The molecule has 0 aliphatic rings. The fourth-order valence-corrected chi connectivity index (χ4v) is 2.78. The molecule has 0 aliphatic heterocycles. The predicted molar refractivity (Wildman–Crippen MR) is 109 cm³/mol. The second-order valence-corrected chi connectivity index (χ2v) is 7.08. The van der Waals surface area contributed by atoms with Gasteiger partial charge in [-0.05, 0) is 12.8 Å². The van der Waals surface area contributed by atoms with Crippen molar-refractivity contribution in [3.8, 4) is 0 Å². The molecule has 0 atom stereocenters. The van der Waals surface area contributed by atoms with Crippen LogP contribution in [-0.2, 0) is 14.4 Å². The summed E-state index contributed by atoms with van der Waals surface area (Å²) < 4.78 is 0. The zero-order valence-electron chi connectivity index (χ0n) is 18.5. The van der Waals surface area contributed by atoms with Gasteiger partial charge in [0.2, 0.25) is 0 Å². The molecule has 164 valence electrons. The first-order chi connectivity index (χ1) is 13.4. The molecule has 0 spiro atoms. The van der Waals surface area contributed by atoms with E-state index in [4.69, 9.17) is 10.2 Å². The Balaban J connectivity index is -0.000000636. The van der Waals surface area contributed by atoms with Crippen LogP contribution in [0.15, 0.2) is 12.2 Å². The van der Waals surface area contributed by atoms with Gasteiger partial charge < -0.3 is 20.1 Å². The summed E-state index contributed by atoms with van der Waals surface area (Å²) in [4.78, 5) is 29.3. The minimum Gasteiger partial charge on any atom is -0.550 e. The molecule has 2 N–H and O–H groups in total. The van der Waals surface area contributed by atoms with Crippen molar-refractivity contribution in [3.63, 3.8) is 0 Å². The van der Waals surface area contributed by atoms with Crippen molar-refractivity contribution in [1.29, 1.82) is 0 Å². The van der Waals surface area contributed by atoms with Crippen LogP contribution in [-0.4, -0.2) is 28.1 Å². The molecule has 0 aliphatic carbocycles. The largest absolute Gasteiger partial charge is 1.00 e. The second kappa shape index (κ2) is 27.1. The molecule has 0 aromatic heterocycles. The van der Waals surface area contributed by atoms with E-state index in [1.807, 2.05) is 0 Å². The summed E-state index contributed by atoms with van der Waals surface area (Å²) >= 11 is 0. The number of hydrogen-bond donors (Lipinski definition) is 2. The summed E-state index contributed by atoms with van der Waals surface area (Å²) in [5.41, 5.74) is 0. The average molecular weight is 423 g/mol. The first-order valence-corrected chi connectivity index (χ1v) is 10.7. The monoisotopic (exact) mass is 422 g/mol. The first kappa shape index (κ1) is 32.8. The number of aliphatic carboxylic acids is 3. The topological polar surface area (TPSA) is 115 Å². The Hall–Kier alpha value is -0.850. The fourth-order valence-electron chi connectivity index (χ4n) is 2.78. The van der Waals surface area contributed by atoms with Crippen LogP contribution in [0, 0.1) is 0 Å². The van der Waals surface area contributed by atoms with Gasteiger partial charge in [0.1, 0.15) is 0 Å². The molecule has 0 bridgehead atoms. The maximum atomic E-state index is 10.2. The Morgan fingerprint density at radius 1 is 0.621 bits per heavy atom. The third kappa shape index (κ3) is 38.4. The molecule has 0 rings (SSSR count). The van der Waals surface area contributed by atoms with Crippen molar-refractivity contribution in [2.45, 2.75) is 110 Å². The molecule has 0 amide bonds. The molecular formula is C22H39NaO6. The molecule has 0 aromatic carbocycles. The van der Waals surface area contributed by atoms with Crippen LogP contribution in [0.25, 0.3) is 0 Å². The van der Waals surface area contributed by atoms with Gasteiger partial charge in [-0.2, -0.15) is 0 Å². The molecule has 0 heterocycles. The minimum absolute atomic E-state index is 0. The molecular weight excluding hydrogens is 383 g/mol. The van der Waals surface area contributed by atoms with E-state index in [1.165, 1.54) is 83.5 Å². The van der Waals surface area contributed by atoms with E-state index in [0.29, 0.717) is 12.2 Å². The quantitative estimate of drug-likeness (QED) is 0.197. The number of hydrogen-bond acceptors (Lipinski definition) is 4. The van der Waals surface area contributed by atoms with Crippen molar-refractivity contribution >= 4 is 17.9 Å². The second-order valence-electron chi connectivity index (χ2n) is 7.08. The first-order valence-electron chi connectivity index (χ1n) is 10.7. The SMILES string of the molecule is CCCCCCCCCCCCCCCCCC(=O)[O-].O=C(O)C=CC(=O)O.[Na+]. The van der Waals surface area contributed by atoms with Gasteiger partial charge in [0, 0.05) is 18.1 Å². The van der Waals surface area contributed by atoms with E-state index in [0.717, 1.165) is 12.8 Å². The Morgan fingerprint density at radius 2 is 0.897 bits per heavy atom. The smallest absolute Gasteiger partial charge is 0.550 e.